The molecule has 1 aromatic rings. The van der Waals surface area contributed by atoms with Gasteiger partial charge in [0.15, 0.2) is 11.6 Å². The van der Waals surface area contributed by atoms with Gasteiger partial charge in [-0.15, -0.1) is 0 Å². The van der Waals surface area contributed by atoms with Crippen molar-refractivity contribution in [2.24, 2.45) is 5.92 Å². The molecule has 1 saturated heterocycles. The topological polar surface area (TPSA) is 55.4 Å². The molecule has 1 aromatic carbocycles. The lowest BCUT2D eigenvalue weighted by Gasteiger charge is -2.27. The van der Waals surface area contributed by atoms with Gasteiger partial charge in [0.1, 0.15) is 0 Å². The highest BCUT2D eigenvalue weighted by atomic mass is 19.1. The fourth-order valence-electron chi connectivity index (χ4n) is 2.18. The molecule has 4 nitrogen and oxygen atoms in total. The molecule has 2 rings (SSSR count). The number of ether oxygens (including phenoxy) is 1. The molecule has 2 atom stereocenters. The average Bonchev–Trinajstić information content (AvgIpc) is 2.33. The lowest BCUT2D eigenvalue weighted by atomic mass is 9.81. The van der Waals surface area contributed by atoms with Crippen LogP contribution in [0, 0.1) is 11.7 Å². The molecule has 0 spiro atoms. The fraction of sp³-hybridized carbons (Fsp3) is 0.385. The Bertz CT molecular complexity index is 501. The summed E-state index contributed by atoms with van der Waals surface area (Å²) in [5.74, 6) is -1.60. The number of nitrogens with one attached hydrogen (secondary N) is 1. The minimum absolute atomic E-state index is 0.151. The van der Waals surface area contributed by atoms with Gasteiger partial charge in [-0.3, -0.25) is 14.9 Å². The Morgan fingerprint density at radius 3 is 2.72 bits per heavy atom. The van der Waals surface area contributed by atoms with Crippen molar-refractivity contribution in [1.82, 2.24) is 5.32 Å². The zero-order chi connectivity index (χ0) is 13.3. The van der Waals surface area contributed by atoms with Crippen molar-refractivity contribution in [3.05, 3.63) is 29.6 Å². The van der Waals surface area contributed by atoms with Crippen LogP contribution in [0.5, 0.6) is 5.75 Å². The van der Waals surface area contributed by atoms with Gasteiger partial charge in [-0.1, -0.05) is 13.0 Å². The standard InChI is InChI=1S/C13H14FNO3/c1-7-9(6-12(16)15-13(7)17)8-3-4-11(18-2)10(14)5-8/h3-5,7,9H,6H2,1-2H3,(H,15,16,17). The van der Waals surface area contributed by atoms with Crippen LogP contribution < -0.4 is 10.1 Å². The molecule has 1 heterocycles. The lowest BCUT2D eigenvalue weighted by molar-refractivity contribution is -0.136. The highest BCUT2D eigenvalue weighted by molar-refractivity contribution is 5.99. The highest BCUT2D eigenvalue weighted by Gasteiger charge is 2.33. The van der Waals surface area contributed by atoms with Crippen LogP contribution in [0.4, 0.5) is 4.39 Å². The molecule has 1 fully saturated rings. The van der Waals surface area contributed by atoms with Gasteiger partial charge in [0, 0.05) is 18.3 Å². The SMILES string of the molecule is COc1ccc(C2CC(=O)NC(=O)C2C)cc1F. The van der Waals surface area contributed by atoms with E-state index in [1.54, 1.807) is 13.0 Å². The average molecular weight is 251 g/mol. The van der Waals surface area contributed by atoms with Gasteiger partial charge in [0.05, 0.1) is 7.11 Å². The van der Waals surface area contributed by atoms with E-state index in [0.717, 1.165) is 0 Å². The Hall–Kier alpha value is -1.91. The first-order valence-electron chi connectivity index (χ1n) is 5.70. The molecule has 2 unspecified atom stereocenters. The molecule has 2 amide bonds. The third-order valence-corrected chi connectivity index (χ3v) is 3.29. The Morgan fingerprint density at radius 2 is 2.11 bits per heavy atom. The zero-order valence-corrected chi connectivity index (χ0v) is 10.2. The molecular formula is C13H14FNO3. The number of rotatable bonds is 2. The third kappa shape index (κ3) is 2.20. The molecule has 1 aliphatic rings. The predicted molar refractivity (Wildman–Crippen MR) is 62.6 cm³/mol. The Balaban J connectivity index is 2.32. The largest absolute Gasteiger partial charge is 0.494 e. The Kier molecular flexibility index (Phi) is 3.32. The normalized spacial score (nSPS) is 23.7. The molecule has 18 heavy (non-hydrogen) atoms. The van der Waals surface area contributed by atoms with E-state index in [1.165, 1.54) is 19.2 Å². The molecule has 0 bridgehead atoms. The van der Waals surface area contributed by atoms with Crippen LogP contribution in [0.15, 0.2) is 18.2 Å². The summed E-state index contributed by atoms with van der Waals surface area (Å²) in [7, 11) is 1.39. The van der Waals surface area contributed by atoms with Gasteiger partial charge >= 0.3 is 0 Å². The third-order valence-electron chi connectivity index (χ3n) is 3.29. The van der Waals surface area contributed by atoms with E-state index < -0.39 is 5.82 Å². The maximum absolute atomic E-state index is 13.6. The molecule has 0 aliphatic carbocycles. The summed E-state index contributed by atoms with van der Waals surface area (Å²) >= 11 is 0. The number of methoxy groups -OCH3 is 1. The van der Waals surface area contributed by atoms with Gasteiger partial charge in [-0.05, 0) is 17.7 Å². The number of halogens is 1. The smallest absolute Gasteiger partial charge is 0.230 e. The highest BCUT2D eigenvalue weighted by Crippen LogP contribution is 2.33. The van der Waals surface area contributed by atoms with Gasteiger partial charge in [0.25, 0.3) is 0 Å². The van der Waals surface area contributed by atoms with E-state index in [1.807, 2.05) is 0 Å². The van der Waals surface area contributed by atoms with Crippen LogP contribution in [0.2, 0.25) is 0 Å². The maximum Gasteiger partial charge on any atom is 0.230 e. The van der Waals surface area contributed by atoms with Crippen molar-refractivity contribution in [2.75, 3.05) is 7.11 Å². The predicted octanol–water partition coefficient (Wildman–Crippen LogP) is 1.60. The number of imide groups is 1. The fourth-order valence-corrected chi connectivity index (χ4v) is 2.18. The first-order chi connectivity index (χ1) is 8.52. The van der Waals surface area contributed by atoms with Gasteiger partial charge in [0.2, 0.25) is 11.8 Å². The molecular weight excluding hydrogens is 237 g/mol. The van der Waals surface area contributed by atoms with Crippen molar-refractivity contribution in [2.45, 2.75) is 19.3 Å². The van der Waals surface area contributed by atoms with Crippen molar-refractivity contribution >= 4 is 11.8 Å². The molecule has 5 heteroatoms. The molecule has 1 N–H and O–H groups in total. The van der Waals surface area contributed by atoms with Crippen LogP contribution in [-0.2, 0) is 9.59 Å². The first-order valence-corrected chi connectivity index (χ1v) is 5.70. The van der Waals surface area contributed by atoms with E-state index in [9.17, 15) is 14.0 Å². The quantitative estimate of drug-likeness (QED) is 0.812. The van der Waals surface area contributed by atoms with Crippen LogP contribution in [0.1, 0.15) is 24.8 Å². The summed E-state index contributed by atoms with van der Waals surface area (Å²) in [6, 6.07) is 4.52. The van der Waals surface area contributed by atoms with Crippen LogP contribution in [0.3, 0.4) is 0 Å². The van der Waals surface area contributed by atoms with E-state index in [-0.39, 0.29) is 35.8 Å². The second-order valence-electron chi connectivity index (χ2n) is 4.41. The van der Waals surface area contributed by atoms with Gasteiger partial charge < -0.3 is 4.74 Å². The second kappa shape index (κ2) is 4.76. The summed E-state index contributed by atoms with van der Waals surface area (Å²) in [4.78, 5) is 22.9. The number of benzene rings is 1. The summed E-state index contributed by atoms with van der Waals surface area (Å²) < 4.78 is 18.5. The van der Waals surface area contributed by atoms with Crippen molar-refractivity contribution < 1.29 is 18.7 Å². The minimum Gasteiger partial charge on any atom is -0.494 e. The molecule has 0 aromatic heterocycles. The minimum atomic E-state index is -0.486. The van der Waals surface area contributed by atoms with Crippen molar-refractivity contribution in [3.8, 4) is 5.75 Å². The molecule has 0 radical (unpaired) electrons. The van der Waals surface area contributed by atoms with Crippen molar-refractivity contribution in [3.63, 3.8) is 0 Å². The van der Waals surface area contributed by atoms with Gasteiger partial charge in [-0.25, -0.2) is 4.39 Å². The number of carbonyl (C=O) groups excluding carboxylic acids is 2. The van der Waals surface area contributed by atoms with E-state index in [4.69, 9.17) is 4.74 Å². The first kappa shape index (κ1) is 12.5. The van der Waals surface area contributed by atoms with Crippen LogP contribution >= 0.6 is 0 Å². The number of amides is 2. The monoisotopic (exact) mass is 251 g/mol. The number of carbonyl (C=O) groups is 2. The second-order valence-corrected chi connectivity index (χ2v) is 4.41. The molecule has 96 valence electrons. The number of hydrogen-bond acceptors (Lipinski definition) is 3. The van der Waals surface area contributed by atoms with Crippen molar-refractivity contribution in [1.29, 1.82) is 0 Å². The van der Waals surface area contributed by atoms with Crippen LogP contribution in [0.25, 0.3) is 0 Å². The van der Waals surface area contributed by atoms with E-state index in [0.29, 0.717) is 5.56 Å². The maximum atomic E-state index is 13.6. The number of hydrogen-bond donors (Lipinski definition) is 1. The molecule has 1 aliphatic heterocycles. The lowest BCUT2D eigenvalue weighted by Crippen LogP contribution is -2.43. The summed E-state index contributed by atoms with van der Waals surface area (Å²) in [5, 5.41) is 2.27. The summed E-state index contributed by atoms with van der Waals surface area (Å²) in [6.07, 6.45) is 0.193. The zero-order valence-electron chi connectivity index (χ0n) is 10.2. The summed E-state index contributed by atoms with van der Waals surface area (Å²) in [6.45, 7) is 1.73. The van der Waals surface area contributed by atoms with Crippen LogP contribution in [-0.4, -0.2) is 18.9 Å². The Labute approximate surface area is 104 Å². The van der Waals surface area contributed by atoms with E-state index in [2.05, 4.69) is 5.32 Å². The summed E-state index contributed by atoms with van der Waals surface area (Å²) in [5.41, 5.74) is 0.643. The Morgan fingerprint density at radius 1 is 1.39 bits per heavy atom. The van der Waals surface area contributed by atoms with E-state index >= 15 is 0 Å². The number of piperidine rings is 1. The molecule has 0 saturated carbocycles. The van der Waals surface area contributed by atoms with Gasteiger partial charge in [-0.2, -0.15) is 0 Å².